The molecule has 1 unspecified atom stereocenters. The summed E-state index contributed by atoms with van der Waals surface area (Å²) in [6.07, 6.45) is 0. The fraction of sp³-hybridized carbons (Fsp3) is 0.174. The van der Waals surface area contributed by atoms with Crippen molar-refractivity contribution in [3.63, 3.8) is 0 Å². The van der Waals surface area contributed by atoms with Crippen molar-refractivity contribution in [3.8, 4) is 0 Å². The molecule has 0 saturated heterocycles. The van der Waals surface area contributed by atoms with Crippen molar-refractivity contribution >= 4 is 40.6 Å². The largest absolute Gasteiger partial charge is 0.324 e. The number of hydrogen-bond donors (Lipinski definition) is 2. The van der Waals surface area contributed by atoms with Gasteiger partial charge >= 0.3 is 0 Å². The van der Waals surface area contributed by atoms with Crippen LogP contribution in [0, 0.1) is 17.0 Å². The van der Waals surface area contributed by atoms with Gasteiger partial charge in [-0.1, -0.05) is 48.0 Å². The topological polar surface area (TPSA) is 117 Å². The molecule has 2 aromatic carbocycles. The van der Waals surface area contributed by atoms with Crippen LogP contribution in [0.4, 0.5) is 17.2 Å². The number of halogens is 1. The zero-order chi connectivity index (χ0) is 24.0. The van der Waals surface area contributed by atoms with E-state index < -0.39 is 16.9 Å². The minimum absolute atomic E-state index is 0.0313. The van der Waals surface area contributed by atoms with Crippen molar-refractivity contribution in [2.75, 3.05) is 24.2 Å². The van der Waals surface area contributed by atoms with E-state index >= 15 is 0 Å². The van der Waals surface area contributed by atoms with Gasteiger partial charge in [0, 0.05) is 17.4 Å². The molecule has 2 amide bonds. The second-order valence-electron chi connectivity index (χ2n) is 7.35. The lowest BCUT2D eigenvalue weighted by molar-refractivity contribution is -0.384. The van der Waals surface area contributed by atoms with Crippen LogP contribution in [0.5, 0.6) is 0 Å². The van der Waals surface area contributed by atoms with Gasteiger partial charge in [-0.3, -0.25) is 24.6 Å². The first-order chi connectivity index (χ1) is 15.7. The van der Waals surface area contributed by atoms with Crippen LogP contribution in [-0.4, -0.2) is 40.2 Å². The number of nitrogens with zero attached hydrogens (tertiary/aromatic N) is 3. The monoisotopic (exact) mass is 467 g/mol. The Morgan fingerprint density at radius 1 is 1.09 bits per heavy atom. The third kappa shape index (κ3) is 6.34. The molecule has 3 aromatic rings. The SMILES string of the molecule is Cc1cccc(NC(=O)CN(C)C(C(=O)Nc2ccc(Cl)c([N+](=O)[O-])c2)c2ccccc2)n1. The van der Waals surface area contributed by atoms with E-state index in [-0.39, 0.29) is 28.8 Å². The first-order valence-electron chi connectivity index (χ1n) is 9.98. The van der Waals surface area contributed by atoms with Crippen molar-refractivity contribution in [1.82, 2.24) is 9.88 Å². The molecule has 1 aromatic heterocycles. The van der Waals surface area contributed by atoms with Crippen LogP contribution in [0.1, 0.15) is 17.3 Å². The first-order valence-corrected chi connectivity index (χ1v) is 10.4. The average Bonchev–Trinajstić information content (AvgIpc) is 2.75. The number of hydrogen-bond acceptors (Lipinski definition) is 6. The van der Waals surface area contributed by atoms with Crippen molar-refractivity contribution in [2.45, 2.75) is 13.0 Å². The van der Waals surface area contributed by atoms with Crippen LogP contribution in [0.15, 0.2) is 66.7 Å². The van der Waals surface area contributed by atoms with Crippen LogP contribution in [0.2, 0.25) is 5.02 Å². The Hall–Kier alpha value is -3.82. The summed E-state index contributed by atoms with van der Waals surface area (Å²) in [6, 6.07) is 17.4. The predicted molar refractivity (Wildman–Crippen MR) is 126 cm³/mol. The normalized spacial score (nSPS) is 11.6. The van der Waals surface area contributed by atoms with E-state index in [1.165, 1.54) is 18.2 Å². The molecule has 0 bridgehead atoms. The third-order valence-electron chi connectivity index (χ3n) is 4.76. The minimum Gasteiger partial charge on any atom is -0.324 e. The van der Waals surface area contributed by atoms with E-state index in [0.29, 0.717) is 11.4 Å². The Balaban J connectivity index is 1.79. The summed E-state index contributed by atoms with van der Waals surface area (Å²) < 4.78 is 0. The molecule has 33 heavy (non-hydrogen) atoms. The number of nitro groups is 1. The number of nitro benzene ring substituents is 1. The molecular formula is C23H22ClN5O4. The smallest absolute Gasteiger partial charge is 0.289 e. The second-order valence-corrected chi connectivity index (χ2v) is 7.76. The number of likely N-dealkylation sites (N-methyl/N-ethyl adjacent to an activating group) is 1. The van der Waals surface area contributed by atoms with Gasteiger partial charge in [0.25, 0.3) is 5.69 Å². The highest BCUT2D eigenvalue weighted by atomic mass is 35.5. The highest BCUT2D eigenvalue weighted by Crippen LogP contribution is 2.28. The van der Waals surface area contributed by atoms with Crippen LogP contribution in [0.25, 0.3) is 0 Å². The molecule has 1 heterocycles. The molecule has 0 aliphatic rings. The molecule has 0 radical (unpaired) electrons. The van der Waals surface area contributed by atoms with Gasteiger partial charge in [0.05, 0.1) is 11.5 Å². The molecule has 0 aliphatic carbocycles. The quantitative estimate of drug-likeness (QED) is 0.378. The lowest BCUT2D eigenvalue weighted by Gasteiger charge is -2.27. The summed E-state index contributed by atoms with van der Waals surface area (Å²) in [4.78, 5) is 42.2. The minimum atomic E-state index is -0.836. The maximum absolute atomic E-state index is 13.2. The van der Waals surface area contributed by atoms with Gasteiger partial charge in [0.1, 0.15) is 16.9 Å². The standard InChI is InChI=1S/C23H22ClN5O4/c1-15-7-6-10-20(25-15)27-21(30)14-28(2)22(16-8-4-3-5-9-16)23(31)26-17-11-12-18(24)19(13-17)29(32)33/h3-13,22H,14H2,1-2H3,(H,26,31)(H,25,27,30). The molecule has 1 atom stereocenters. The molecule has 9 nitrogen and oxygen atoms in total. The van der Waals surface area contributed by atoms with Gasteiger partial charge in [0.2, 0.25) is 11.8 Å². The van der Waals surface area contributed by atoms with Gasteiger partial charge in [-0.25, -0.2) is 4.98 Å². The van der Waals surface area contributed by atoms with E-state index in [9.17, 15) is 19.7 Å². The number of carbonyl (C=O) groups is 2. The van der Waals surface area contributed by atoms with Gasteiger partial charge in [0.15, 0.2) is 0 Å². The van der Waals surface area contributed by atoms with Crippen LogP contribution >= 0.6 is 11.6 Å². The number of pyridine rings is 1. The number of benzene rings is 2. The van der Waals surface area contributed by atoms with Gasteiger partial charge < -0.3 is 10.6 Å². The molecule has 0 aliphatic heterocycles. The molecule has 3 rings (SSSR count). The number of rotatable bonds is 8. The van der Waals surface area contributed by atoms with Gasteiger partial charge in [-0.2, -0.15) is 0 Å². The summed E-state index contributed by atoms with van der Waals surface area (Å²) in [5.74, 6) is -0.379. The van der Waals surface area contributed by atoms with Gasteiger partial charge in [-0.05, 0) is 43.8 Å². The number of carbonyl (C=O) groups excluding carboxylic acids is 2. The summed E-state index contributed by atoms with van der Waals surface area (Å²) in [5, 5.41) is 16.5. The molecule has 10 heteroatoms. The fourth-order valence-corrected chi connectivity index (χ4v) is 3.48. The van der Waals surface area contributed by atoms with Crippen molar-refractivity contribution in [3.05, 3.63) is 93.1 Å². The number of aromatic nitrogens is 1. The second kappa shape index (κ2) is 10.7. The molecule has 0 fully saturated rings. The Morgan fingerprint density at radius 3 is 2.48 bits per heavy atom. The first kappa shape index (κ1) is 23.8. The molecule has 170 valence electrons. The molecular weight excluding hydrogens is 446 g/mol. The Labute approximate surface area is 195 Å². The van der Waals surface area contributed by atoms with E-state index in [1.54, 1.807) is 48.3 Å². The van der Waals surface area contributed by atoms with E-state index in [1.807, 2.05) is 19.1 Å². The summed E-state index contributed by atoms with van der Waals surface area (Å²) in [7, 11) is 1.64. The zero-order valence-electron chi connectivity index (χ0n) is 18.0. The fourth-order valence-electron chi connectivity index (χ4n) is 3.30. The Morgan fingerprint density at radius 2 is 1.82 bits per heavy atom. The number of amides is 2. The lowest BCUT2D eigenvalue weighted by Crippen LogP contribution is -2.39. The third-order valence-corrected chi connectivity index (χ3v) is 5.08. The number of aryl methyl sites for hydroxylation is 1. The highest BCUT2D eigenvalue weighted by Gasteiger charge is 2.27. The highest BCUT2D eigenvalue weighted by molar-refractivity contribution is 6.32. The van der Waals surface area contributed by atoms with Crippen LogP contribution < -0.4 is 10.6 Å². The average molecular weight is 468 g/mol. The molecule has 0 saturated carbocycles. The van der Waals surface area contributed by atoms with Crippen molar-refractivity contribution in [1.29, 1.82) is 0 Å². The van der Waals surface area contributed by atoms with Crippen LogP contribution in [-0.2, 0) is 9.59 Å². The number of anilines is 2. The van der Waals surface area contributed by atoms with E-state index in [4.69, 9.17) is 11.6 Å². The summed E-state index contributed by atoms with van der Waals surface area (Å²) >= 11 is 5.86. The Kier molecular flexibility index (Phi) is 7.70. The van der Waals surface area contributed by atoms with E-state index in [2.05, 4.69) is 15.6 Å². The predicted octanol–water partition coefficient (Wildman–Crippen LogP) is 4.20. The molecule has 2 N–H and O–H groups in total. The molecule has 0 spiro atoms. The van der Waals surface area contributed by atoms with Crippen molar-refractivity contribution in [2.24, 2.45) is 0 Å². The summed E-state index contributed by atoms with van der Waals surface area (Å²) in [6.45, 7) is 1.72. The van der Waals surface area contributed by atoms with E-state index in [0.717, 1.165) is 5.69 Å². The maximum atomic E-state index is 13.2. The summed E-state index contributed by atoms with van der Waals surface area (Å²) in [5.41, 5.74) is 1.32. The zero-order valence-corrected chi connectivity index (χ0v) is 18.7. The van der Waals surface area contributed by atoms with Crippen molar-refractivity contribution < 1.29 is 14.5 Å². The van der Waals surface area contributed by atoms with Gasteiger partial charge in [-0.15, -0.1) is 0 Å². The van der Waals surface area contributed by atoms with Crippen LogP contribution in [0.3, 0.4) is 0 Å². The Bertz CT molecular complexity index is 1170. The number of nitrogens with one attached hydrogen (secondary N) is 2. The lowest BCUT2D eigenvalue weighted by atomic mass is 10.0. The maximum Gasteiger partial charge on any atom is 0.289 e.